The van der Waals surface area contributed by atoms with Gasteiger partial charge in [-0.15, -0.1) is 0 Å². The standard InChI is InChI=1S/C18H19Cl2NO2/c1-2-21-9-8-12-14(16(20)18(23)17(22)15(12)19)13(10-21)11-6-4-3-5-7-11/h3-7,13,22-23H,2,8-10H2,1H3. The summed E-state index contributed by atoms with van der Waals surface area (Å²) in [5, 5.41) is 20.6. The molecule has 1 aliphatic rings. The topological polar surface area (TPSA) is 43.7 Å². The Morgan fingerprint density at radius 2 is 1.74 bits per heavy atom. The number of benzene rings is 2. The monoisotopic (exact) mass is 351 g/mol. The van der Waals surface area contributed by atoms with E-state index in [-0.39, 0.29) is 27.5 Å². The third-order valence-corrected chi connectivity index (χ3v) is 5.37. The maximum atomic E-state index is 10.1. The van der Waals surface area contributed by atoms with Crippen LogP contribution in [-0.2, 0) is 6.42 Å². The van der Waals surface area contributed by atoms with Crippen LogP contribution in [0.25, 0.3) is 0 Å². The van der Waals surface area contributed by atoms with Gasteiger partial charge >= 0.3 is 0 Å². The van der Waals surface area contributed by atoms with Crippen LogP contribution in [0.3, 0.4) is 0 Å². The molecule has 1 unspecified atom stereocenters. The minimum absolute atomic E-state index is 0.00477. The maximum absolute atomic E-state index is 10.1. The summed E-state index contributed by atoms with van der Waals surface area (Å²) in [5.74, 6) is -0.654. The van der Waals surface area contributed by atoms with Gasteiger partial charge < -0.3 is 15.1 Å². The maximum Gasteiger partial charge on any atom is 0.178 e. The van der Waals surface area contributed by atoms with Crippen LogP contribution >= 0.6 is 23.2 Å². The highest BCUT2D eigenvalue weighted by Gasteiger charge is 2.31. The quantitative estimate of drug-likeness (QED) is 0.787. The number of likely N-dealkylation sites (N-methyl/N-ethyl adjacent to an activating group) is 1. The zero-order chi connectivity index (χ0) is 16.6. The fourth-order valence-corrected chi connectivity index (χ4v) is 3.91. The largest absolute Gasteiger partial charge is 0.503 e. The van der Waals surface area contributed by atoms with Crippen molar-refractivity contribution < 1.29 is 10.2 Å². The molecule has 0 fully saturated rings. The van der Waals surface area contributed by atoms with Gasteiger partial charge in [0.1, 0.15) is 0 Å². The first-order valence-corrected chi connectivity index (χ1v) is 8.49. The smallest absolute Gasteiger partial charge is 0.178 e. The molecule has 0 aliphatic carbocycles. The molecule has 122 valence electrons. The highest BCUT2D eigenvalue weighted by atomic mass is 35.5. The van der Waals surface area contributed by atoms with E-state index in [9.17, 15) is 10.2 Å². The van der Waals surface area contributed by atoms with Gasteiger partial charge in [-0.1, -0.05) is 60.5 Å². The van der Waals surface area contributed by atoms with Crippen LogP contribution in [0.1, 0.15) is 29.5 Å². The Morgan fingerprint density at radius 3 is 2.39 bits per heavy atom. The summed E-state index contributed by atoms with van der Waals surface area (Å²) < 4.78 is 0. The molecular formula is C18H19Cl2NO2. The van der Waals surface area contributed by atoms with Gasteiger partial charge in [-0.05, 0) is 29.7 Å². The van der Waals surface area contributed by atoms with Gasteiger partial charge in [0, 0.05) is 19.0 Å². The Balaban J connectivity index is 2.24. The highest BCUT2D eigenvalue weighted by Crippen LogP contribution is 2.49. The lowest BCUT2D eigenvalue weighted by Crippen LogP contribution is -2.28. The zero-order valence-electron chi connectivity index (χ0n) is 12.9. The van der Waals surface area contributed by atoms with Crippen molar-refractivity contribution in [1.82, 2.24) is 4.90 Å². The fourth-order valence-electron chi connectivity index (χ4n) is 3.29. The number of aromatic hydroxyl groups is 2. The summed E-state index contributed by atoms with van der Waals surface area (Å²) in [5.41, 5.74) is 2.78. The second-order valence-electron chi connectivity index (χ2n) is 5.82. The molecular weight excluding hydrogens is 333 g/mol. The molecule has 0 bridgehead atoms. The molecule has 1 heterocycles. The van der Waals surface area contributed by atoms with Crippen molar-refractivity contribution in [2.75, 3.05) is 19.6 Å². The normalized spacial score (nSPS) is 18.5. The Morgan fingerprint density at radius 1 is 1.09 bits per heavy atom. The molecule has 1 atom stereocenters. The Labute approximate surface area is 146 Å². The van der Waals surface area contributed by atoms with E-state index < -0.39 is 0 Å². The molecule has 2 aromatic carbocycles. The molecule has 2 aromatic rings. The number of hydrogen-bond donors (Lipinski definition) is 2. The van der Waals surface area contributed by atoms with Gasteiger partial charge in [0.25, 0.3) is 0 Å². The van der Waals surface area contributed by atoms with Crippen molar-refractivity contribution in [1.29, 1.82) is 0 Å². The van der Waals surface area contributed by atoms with Crippen LogP contribution in [-0.4, -0.2) is 34.7 Å². The van der Waals surface area contributed by atoms with Crippen LogP contribution in [0.2, 0.25) is 10.0 Å². The van der Waals surface area contributed by atoms with E-state index in [1.165, 1.54) is 0 Å². The van der Waals surface area contributed by atoms with E-state index >= 15 is 0 Å². The Hall–Kier alpha value is -1.42. The van der Waals surface area contributed by atoms with Crippen molar-refractivity contribution in [3.05, 3.63) is 57.1 Å². The molecule has 3 rings (SSSR count). The van der Waals surface area contributed by atoms with E-state index in [2.05, 4.69) is 24.0 Å². The molecule has 5 heteroatoms. The van der Waals surface area contributed by atoms with Gasteiger partial charge in [-0.3, -0.25) is 0 Å². The summed E-state index contributed by atoms with van der Waals surface area (Å²) in [6.07, 6.45) is 0.693. The summed E-state index contributed by atoms with van der Waals surface area (Å²) in [6.45, 7) is 4.68. The molecule has 1 aliphatic heterocycles. The summed E-state index contributed by atoms with van der Waals surface area (Å²) in [6, 6.07) is 10.1. The summed E-state index contributed by atoms with van der Waals surface area (Å²) in [4.78, 5) is 2.33. The van der Waals surface area contributed by atoms with Crippen molar-refractivity contribution in [2.45, 2.75) is 19.3 Å². The van der Waals surface area contributed by atoms with E-state index in [4.69, 9.17) is 23.2 Å². The number of fused-ring (bicyclic) bond motifs is 1. The Bertz CT molecular complexity index is 719. The van der Waals surface area contributed by atoms with Crippen LogP contribution in [0.5, 0.6) is 11.5 Å². The SMILES string of the molecule is CCN1CCc2c(Cl)c(O)c(O)c(Cl)c2C(c2ccccc2)C1. The predicted molar refractivity (Wildman–Crippen MR) is 93.9 cm³/mol. The number of phenols is 2. The summed E-state index contributed by atoms with van der Waals surface area (Å²) in [7, 11) is 0. The first-order valence-electron chi connectivity index (χ1n) is 7.73. The number of phenolic OH excluding ortho intramolecular Hbond substituents is 2. The van der Waals surface area contributed by atoms with Gasteiger partial charge in [0.05, 0.1) is 10.0 Å². The average molecular weight is 352 g/mol. The average Bonchev–Trinajstić information content (AvgIpc) is 2.78. The lowest BCUT2D eigenvalue weighted by atomic mass is 9.87. The van der Waals surface area contributed by atoms with Crippen LogP contribution < -0.4 is 0 Å². The van der Waals surface area contributed by atoms with Gasteiger partial charge in [0.15, 0.2) is 11.5 Å². The fraction of sp³-hybridized carbons (Fsp3) is 0.333. The number of halogens is 2. The van der Waals surface area contributed by atoms with Crippen LogP contribution in [0.4, 0.5) is 0 Å². The van der Waals surface area contributed by atoms with Gasteiger partial charge in [-0.2, -0.15) is 0 Å². The Kier molecular flexibility index (Phi) is 4.72. The van der Waals surface area contributed by atoms with Crippen molar-refractivity contribution in [3.8, 4) is 11.5 Å². The molecule has 0 amide bonds. The molecule has 3 nitrogen and oxygen atoms in total. The molecule has 0 saturated carbocycles. The second kappa shape index (κ2) is 6.60. The first-order chi connectivity index (χ1) is 11.0. The van der Waals surface area contributed by atoms with Crippen molar-refractivity contribution >= 4 is 23.2 Å². The zero-order valence-corrected chi connectivity index (χ0v) is 14.4. The van der Waals surface area contributed by atoms with Gasteiger partial charge in [-0.25, -0.2) is 0 Å². The third-order valence-electron chi connectivity index (χ3n) is 4.58. The van der Waals surface area contributed by atoms with Crippen LogP contribution in [0.15, 0.2) is 30.3 Å². The molecule has 0 saturated heterocycles. The van der Waals surface area contributed by atoms with Crippen molar-refractivity contribution in [3.63, 3.8) is 0 Å². The first kappa shape index (κ1) is 16.4. The van der Waals surface area contributed by atoms with E-state index in [0.717, 1.165) is 36.3 Å². The summed E-state index contributed by atoms with van der Waals surface area (Å²) >= 11 is 12.7. The predicted octanol–water partition coefficient (Wildman–Crippen LogP) is 4.41. The van der Waals surface area contributed by atoms with E-state index in [1.807, 2.05) is 18.2 Å². The third kappa shape index (κ3) is 2.89. The number of rotatable bonds is 2. The van der Waals surface area contributed by atoms with E-state index in [1.54, 1.807) is 0 Å². The lowest BCUT2D eigenvalue weighted by molar-refractivity contribution is 0.291. The molecule has 0 radical (unpaired) electrons. The van der Waals surface area contributed by atoms with Gasteiger partial charge in [0.2, 0.25) is 0 Å². The minimum atomic E-state index is -0.332. The molecule has 0 spiro atoms. The molecule has 2 N–H and O–H groups in total. The highest BCUT2D eigenvalue weighted by molar-refractivity contribution is 6.37. The molecule has 0 aromatic heterocycles. The van der Waals surface area contributed by atoms with Crippen LogP contribution in [0, 0.1) is 0 Å². The number of hydrogen-bond acceptors (Lipinski definition) is 3. The minimum Gasteiger partial charge on any atom is -0.503 e. The second-order valence-corrected chi connectivity index (χ2v) is 6.58. The lowest BCUT2D eigenvalue weighted by Gasteiger charge is -2.25. The van der Waals surface area contributed by atoms with E-state index in [0.29, 0.717) is 6.42 Å². The molecule has 23 heavy (non-hydrogen) atoms. The number of nitrogens with zero attached hydrogens (tertiary/aromatic N) is 1. The van der Waals surface area contributed by atoms with Crippen molar-refractivity contribution in [2.24, 2.45) is 0 Å².